The van der Waals surface area contributed by atoms with Crippen LogP contribution in [0.4, 0.5) is 0 Å². The Morgan fingerprint density at radius 2 is 1.78 bits per heavy atom. The summed E-state index contributed by atoms with van der Waals surface area (Å²) in [5.74, 6) is -1.35. The molecule has 96 valence electrons. The molecule has 0 aliphatic carbocycles. The van der Waals surface area contributed by atoms with Crippen molar-refractivity contribution in [3.8, 4) is 0 Å². The number of rotatable bonds is 4. The van der Waals surface area contributed by atoms with Gasteiger partial charge in [-0.15, -0.1) is 0 Å². The second-order valence-corrected chi connectivity index (χ2v) is 4.32. The first-order valence-electron chi connectivity index (χ1n) is 5.23. The molecule has 0 bridgehead atoms. The van der Waals surface area contributed by atoms with Gasteiger partial charge < -0.3 is 11.1 Å². The highest BCUT2D eigenvalue weighted by Crippen LogP contribution is 2.15. The Kier molecular flexibility index (Phi) is 4.44. The normalized spacial score (nSPS) is 11.7. The van der Waals surface area contributed by atoms with E-state index in [1.165, 1.54) is 32.0 Å². The molecule has 2 amide bonds. The van der Waals surface area contributed by atoms with Gasteiger partial charge in [-0.05, 0) is 32.0 Å². The highest BCUT2D eigenvalue weighted by atomic mass is 35.5. The molecule has 1 atom stereocenters. The van der Waals surface area contributed by atoms with E-state index in [4.69, 9.17) is 17.3 Å². The summed E-state index contributed by atoms with van der Waals surface area (Å²) in [5.41, 5.74) is 5.58. The number of carbonyl (C=O) groups is 3. The number of Topliss-reactive ketones (excluding diaryl/α,β-unsaturated/α-hetero) is 1. The molecule has 0 spiro atoms. The fraction of sp³-hybridized carbons (Fsp3) is 0.250. The summed E-state index contributed by atoms with van der Waals surface area (Å²) in [6, 6.07) is 3.50. The molecule has 1 rings (SSSR count). The topological polar surface area (TPSA) is 89.3 Å². The molecule has 1 aromatic rings. The van der Waals surface area contributed by atoms with Crippen LogP contribution in [0.2, 0.25) is 5.02 Å². The van der Waals surface area contributed by atoms with Crippen LogP contribution in [0.3, 0.4) is 0 Å². The van der Waals surface area contributed by atoms with Crippen LogP contribution in [0.25, 0.3) is 0 Å². The summed E-state index contributed by atoms with van der Waals surface area (Å²) >= 11 is 5.81. The second kappa shape index (κ2) is 5.64. The fourth-order valence-electron chi connectivity index (χ4n) is 1.28. The van der Waals surface area contributed by atoms with Crippen molar-refractivity contribution in [2.24, 2.45) is 5.73 Å². The second-order valence-electron chi connectivity index (χ2n) is 3.88. The molecule has 0 saturated heterocycles. The van der Waals surface area contributed by atoms with Crippen molar-refractivity contribution in [1.29, 1.82) is 0 Å². The van der Waals surface area contributed by atoms with Gasteiger partial charge in [0.05, 0.1) is 0 Å². The number of amides is 2. The molecular weight excluding hydrogens is 256 g/mol. The number of hydrogen-bond acceptors (Lipinski definition) is 3. The third kappa shape index (κ3) is 3.56. The molecular formula is C12H13ClN2O3. The molecule has 0 fully saturated rings. The van der Waals surface area contributed by atoms with E-state index < -0.39 is 17.9 Å². The zero-order valence-corrected chi connectivity index (χ0v) is 10.7. The molecule has 0 aliphatic heterocycles. The molecule has 0 aromatic heterocycles. The van der Waals surface area contributed by atoms with Crippen molar-refractivity contribution < 1.29 is 14.4 Å². The quantitative estimate of drug-likeness (QED) is 0.803. The van der Waals surface area contributed by atoms with Gasteiger partial charge in [-0.1, -0.05) is 11.6 Å². The van der Waals surface area contributed by atoms with Crippen LogP contribution < -0.4 is 11.1 Å². The minimum absolute atomic E-state index is 0.200. The van der Waals surface area contributed by atoms with Crippen molar-refractivity contribution >= 4 is 29.2 Å². The van der Waals surface area contributed by atoms with Crippen molar-refractivity contribution in [1.82, 2.24) is 5.32 Å². The first-order valence-corrected chi connectivity index (χ1v) is 5.60. The van der Waals surface area contributed by atoms with Crippen molar-refractivity contribution in [2.75, 3.05) is 0 Å². The number of nitrogens with two attached hydrogens (primary N) is 1. The Balaban J connectivity index is 2.99. The first-order chi connectivity index (χ1) is 8.31. The number of primary amides is 1. The van der Waals surface area contributed by atoms with Gasteiger partial charge in [0.1, 0.15) is 6.04 Å². The average molecular weight is 269 g/mol. The lowest BCUT2D eigenvalue weighted by Gasteiger charge is -2.10. The van der Waals surface area contributed by atoms with Crippen LogP contribution in [0.5, 0.6) is 0 Å². The molecule has 3 N–H and O–H groups in total. The van der Waals surface area contributed by atoms with Gasteiger partial charge in [0.25, 0.3) is 5.91 Å². The van der Waals surface area contributed by atoms with Crippen LogP contribution in [-0.4, -0.2) is 23.6 Å². The van der Waals surface area contributed by atoms with Crippen LogP contribution in [-0.2, 0) is 4.79 Å². The largest absolute Gasteiger partial charge is 0.368 e. The van der Waals surface area contributed by atoms with E-state index in [2.05, 4.69) is 5.32 Å². The predicted molar refractivity (Wildman–Crippen MR) is 67.6 cm³/mol. The standard InChI is InChI=1S/C12H13ClN2O3/c1-6(11(14)17)15-12(18)9-3-8(7(2)16)4-10(13)5-9/h3-6H,1-2H3,(H2,14,17)(H,15,18)/t6-/m0/s1. The maximum atomic E-state index is 11.8. The summed E-state index contributed by atoms with van der Waals surface area (Å²) in [4.78, 5) is 33.9. The van der Waals surface area contributed by atoms with Gasteiger partial charge >= 0.3 is 0 Å². The smallest absolute Gasteiger partial charge is 0.251 e. The van der Waals surface area contributed by atoms with E-state index in [1.807, 2.05) is 0 Å². The van der Waals surface area contributed by atoms with E-state index in [0.717, 1.165) is 0 Å². The molecule has 6 heteroatoms. The Morgan fingerprint density at radius 3 is 2.28 bits per heavy atom. The number of nitrogens with one attached hydrogen (secondary N) is 1. The number of halogens is 1. The minimum Gasteiger partial charge on any atom is -0.368 e. The van der Waals surface area contributed by atoms with E-state index in [-0.39, 0.29) is 16.4 Å². The zero-order chi connectivity index (χ0) is 13.9. The van der Waals surface area contributed by atoms with E-state index in [0.29, 0.717) is 5.56 Å². The third-order valence-corrected chi connectivity index (χ3v) is 2.56. The van der Waals surface area contributed by atoms with Gasteiger partial charge in [-0.2, -0.15) is 0 Å². The highest BCUT2D eigenvalue weighted by Gasteiger charge is 2.15. The molecule has 18 heavy (non-hydrogen) atoms. The van der Waals surface area contributed by atoms with Crippen molar-refractivity contribution in [2.45, 2.75) is 19.9 Å². The Morgan fingerprint density at radius 1 is 1.22 bits per heavy atom. The van der Waals surface area contributed by atoms with Crippen LogP contribution in [0, 0.1) is 0 Å². The summed E-state index contributed by atoms with van der Waals surface area (Å²) in [5, 5.41) is 2.68. The first kappa shape index (κ1) is 14.2. The van der Waals surface area contributed by atoms with E-state index >= 15 is 0 Å². The van der Waals surface area contributed by atoms with Gasteiger partial charge in [0.2, 0.25) is 5.91 Å². The van der Waals surface area contributed by atoms with Crippen molar-refractivity contribution in [3.05, 3.63) is 34.3 Å². The van der Waals surface area contributed by atoms with Gasteiger partial charge in [0.15, 0.2) is 5.78 Å². The van der Waals surface area contributed by atoms with Gasteiger partial charge in [0, 0.05) is 16.1 Å². The van der Waals surface area contributed by atoms with Crippen LogP contribution >= 0.6 is 11.6 Å². The maximum absolute atomic E-state index is 11.8. The SMILES string of the molecule is CC(=O)c1cc(Cl)cc(C(=O)N[C@@H](C)C(N)=O)c1. The fourth-order valence-corrected chi connectivity index (χ4v) is 1.51. The zero-order valence-electron chi connectivity index (χ0n) is 9.99. The number of ketones is 1. The predicted octanol–water partition coefficient (Wildman–Crippen LogP) is 1.15. The molecule has 0 aliphatic rings. The van der Waals surface area contributed by atoms with Crippen LogP contribution in [0.15, 0.2) is 18.2 Å². The molecule has 0 heterocycles. The minimum atomic E-state index is -0.794. The summed E-state index contributed by atoms with van der Waals surface area (Å²) in [6.45, 7) is 2.84. The summed E-state index contributed by atoms with van der Waals surface area (Å²) in [7, 11) is 0. The number of hydrogen-bond donors (Lipinski definition) is 2. The van der Waals surface area contributed by atoms with E-state index in [1.54, 1.807) is 0 Å². The van der Waals surface area contributed by atoms with Crippen LogP contribution in [0.1, 0.15) is 34.6 Å². The summed E-state index contributed by atoms with van der Waals surface area (Å²) < 4.78 is 0. The van der Waals surface area contributed by atoms with Gasteiger partial charge in [-0.25, -0.2) is 0 Å². The maximum Gasteiger partial charge on any atom is 0.251 e. The molecule has 0 saturated carbocycles. The molecule has 1 aromatic carbocycles. The molecule has 0 radical (unpaired) electrons. The lowest BCUT2D eigenvalue weighted by molar-refractivity contribution is -0.119. The monoisotopic (exact) mass is 268 g/mol. The lowest BCUT2D eigenvalue weighted by Crippen LogP contribution is -2.42. The number of benzene rings is 1. The molecule has 5 nitrogen and oxygen atoms in total. The molecule has 0 unspecified atom stereocenters. The van der Waals surface area contributed by atoms with Gasteiger partial charge in [-0.3, -0.25) is 14.4 Å². The Labute approximate surface area is 109 Å². The Bertz CT molecular complexity index is 514. The summed E-state index contributed by atoms with van der Waals surface area (Å²) in [6.07, 6.45) is 0. The van der Waals surface area contributed by atoms with E-state index in [9.17, 15) is 14.4 Å². The average Bonchev–Trinajstić information content (AvgIpc) is 2.27. The Hall–Kier alpha value is -1.88. The highest BCUT2D eigenvalue weighted by molar-refractivity contribution is 6.31. The van der Waals surface area contributed by atoms with Crippen molar-refractivity contribution in [3.63, 3.8) is 0 Å². The number of carbonyl (C=O) groups excluding carboxylic acids is 3. The third-order valence-electron chi connectivity index (χ3n) is 2.34. The lowest BCUT2D eigenvalue weighted by atomic mass is 10.1.